The molecule has 0 spiro atoms. The smallest absolute Gasteiger partial charge is 0.306 e. The Morgan fingerprint density at radius 2 is 0.647 bits per heavy atom. The van der Waals surface area contributed by atoms with Crippen molar-refractivity contribution < 1.29 is 28.6 Å². The van der Waals surface area contributed by atoms with Gasteiger partial charge < -0.3 is 14.2 Å². The van der Waals surface area contributed by atoms with Crippen LogP contribution in [0.5, 0.6) is 0 Å². The molecule has 1 atom stereocenters. The molecule has 68 heavy (non-hydrogen) atoms. The van der Waals surface area contributed by atoms with Crippen molar-refractivity contribution in [2.45, 2.75) is 277 Å². The van der Waals surface area contributed by atoms with E-state index in [2.05, 4.69) is 106 Å². The average Bonchev–Trinajstić information content (AvgIpc) is 3.34. The molecule has 1 unspecified atom stereocenters. The maximum Gasteiger partial charge on any atom is 0.306 e. The predicted octanol–water partition coefficient (Wildman–Crippen LogP) is 19.2. The van der Waals surface area contributed by atoms with Crippen LogP contribution >= 0.6 is 0 Å². The van der Waals surface area contributed by atoms with Crippen molar-refractivity contribution in [3.05, 3.63) is 85.1 Å². The minimum atomic E-state index is -0.792. The molecule has 6 heteroatoms. The van der Waals surface area contributed by atoms with Crippen LogP contribution in [-0.2, 0) is 28.6 Å². The topological polar surface area (TPSA) is 78.9 Å². The number of rotatable bonds is 51. The van der Waals surface area contributed by atoms with Crippen LogP contribution in [0.2, 0.25) is 0 Å². The SMILES string of the molecule is CC/C=C/C=C/C=C/CCCCCCCC(=O)OCC(COC(=O)CCCCCCCCCCC/C=C/C/C=C/C/C=C/CC)OC(=O)CCCCCCC/C=C/CCCCCCCCCCC. The van der Waals surface area contributed by atoms with Gasteiger partial charge in [0.2, 0.25) is 0 Å². The summed E-state index contributed by atoms with van der Waals surface area (Å²) in [6.45, 7) is 6.38. The number of hydrogen-bond donors (Lipinski definition) is 0. The number of allylic oxidation sites excluding steroid dienone is 14. The summed E-state index contributed by atoms with van der Waals surface area (Å²) in [4.78, 5) is 38.1. The number of carbonyl (C=O) groups excluding carboxylic acids is 3. The Kier molecular flexibility index (Phi) is 53.4. The molecule has 0 aliphatic carbocycles. The third-order valence-corrected chi connectivity index (χ3v) is 12.2. The highest BCUT2D eigenvalue weighted by atomic mass is 16.6. The van der Waals surface area contributed by atoms with Gasteiger partial charge in [-0.25, -0.2) is 0 Å². The zero-order valence-corrected chi connectivity index (χ0v) is 44.6. The van der Waals surface area contributed by atoms with E-state index in [1.54, 1.807) is 0 Å². The van der Waals surface area contributed by atoms with Gasteiger partial charge in [-0.1, -0.05) is 241 Å². The molecule has 0 aliphatic heterocycles. The van der Waals surface area contributed by atoms with Gasteiger partial charge in [0, 0.05) is 19.3 Å². The highest BCUT2D eigenvalue weighted by Gasteiger charge is 2.19. The quantitative estimate of drug-likeness (QED) is 0.0199. The van der Waals surface area contributed by atoms with Gasteiger partial charge in [0.1, 0.15) is 13.2 Å². The predicted molar refractivity (Wildman–Crippen MR) is 293 cm³/mol. The summed E-state index contributed by atoms with van der Waals surface area (Å²) in [5.41, 5.74) is 0. The third-order valence-electron chi connectivity index (χ3n) is 12.2. The van der Waals surface area contributed by atoms with Gasteiger partial charge in [0.15, 0.2) is 6.10 Å². The van der Waals surface area contributed by atoms with Crippen molar-refractivity contribution in [3.8, 4) is 0 Å². The lowest BCUT2D eigenvalue weighted by atomic mass is 10.1. The lowest BCUT2D eigenvalue weighted by Gasteiger charge is -2.18. The molecule has 0 radical (unpaired) electrons. The van der Waals surface area contributed by atoms with Crippen molar-refractivity contribution in [2.75, 3.05) is 13.2 Å². The van der Waals surface area contributed by atoms with Crippen LogP contribution in [0, 0.1) is 0 Å². The molecule has 0 aliphatic rings. The zero-order chi connectivity index (χ0) is 49.3. The Morgan fingerprint density at radius 1 is 0.324 bits per heavy atom. The summed E-state index contributed by atoms with van der Waals surface area (Å²) in [5, 5.41) is 0. The number of ether oxygens (including phenoxy) is 3. The molecule has 390 valence electrons. The van der Waals surface area contributed by atoms with Crippen LogP contribution in [-0.4, -0.2) is 37.2 Å². The van der Waals surface area contributed by atoms with E-state index in [1.165, 1.54) is 116 Å². The molecule has 0 saturated carbocycles. The second-order valence-electron chi connectivity index (χ2n) is 18.8. The van der Waals surface area contributed by atoms with Crippen LogP contribution in [0.25, 0.3) is 0 Å². The monoisotopic (exact) mass is 947 g/mol. The standard InChI is InChI=1S/C62H106O6/c1-4-7-10-13-16-19-22-25-27-29-31-33-34-37-40-43-46-49-52-55-61(64)67-58-59(57-66-60(63)54-51-48-45-42-39-36-24-21-18-15-12-9-6-3)68-62(65)56-53-50-47-44-41-38-35-32-30-28-26-23-20-17-14-11-8-5-2/h7,9-10,12,15-16,18-19,21,24-25,27,32,35,59H,4-6,8,11,13-14,17,20,22-23,26,28-31,33-34,36-58H2,1-3H3/b10-7+,12-9+,18-15+,19-16+,24-21+,27-25+,35-32+. The van der Waals surface area contributed by atoms with Gasteiger partial charge in [0.05, 0.1) is 0 Å². The summed E-state index contributed by atoms with van der Waals surface area (Å²) in [5.74, 6) is -0.918. The van der Waals surface area contributed by atoms with Crippen molar-refractivity contribution in [3.63, 3.8) is 0 Å². The fourth-order valence-corrected chi connectivity index (χ4v) is 7.92. The van der Waals surface area contributed by atoms with Crippen LogP contribution in [0.3, 0.4) is 0 Å². The number of hydrogen-bond acceptors (Lipinski definition) is 6. The number of unbranched alkanes of at least 4 members (excludes halogenated alkanes) is 28. The lowest BCUT2D eigenvalue weighted by Crippen LogP contribution is -2.30. The van der Waals surface area contributed by atoms with Crippen LogP contribution in [0.1, 0.15) is 271 Å². The third kappa shape index (κ3) is 53.5. The first-order chi connectivity index (χ1) is 33.5. The van der Waals surface area contributed by atoms with Crippen molar-refractivity contribution in [2.24, 2.45) is 0 Å². The molecule has 0 rings (SSSR count). The molecule has 0 aromatic heterocycles. The van der Waals surface area contributed by atoms with E-state index in [-0.39, 0.29) is 31.1 Å². The number of esters is 3. The van der Waals surface area contributed by atoms with Gasteiger partial charge in [0.25, 0.3) is 0 Å². The molecule has 0 heterocycles. The van der Waals surface area contributed by atoms with Gasteiger partial charge in [-0.15, -0.1) is 0 Å². The van der Waals surface area contributed by atoms with Gasteiger partial charge in [-0.3, -0.25) is 14.4 Å². The summed E-state index contributed by atoms with van der Waals surface area (Å²) in [7, 11) is 0. The van der Waals surface area contributed by atoms with Crippen molar-refractivity contribution in [1.82, 2.24) is 0 Å². The molecule has 0 aromatic carbocycles. The van der Waals surface area contributed by atoms with E-state index < -0.39 is 6.10 Å². The molecule has 0 bridgehead atoms. The van der Waals surface area contributed by atoms with E-state index in [9.17, 15) is 14.4 Å². The molecule has 0 saturated heterocycles. The molecule has 0 fully saturated rings. The second kappa shape index (κ2) is 56.2. The van der Waals surface area contributed by atoms with Gasteiger partial charge in [-0.2, -0.15) is 0 Å². The van der Waals surface area contributed by atoms with Crippen molar-refractivity contribution >= 4 is 17.9 Å². The highest BCUT2D eigenvalue weighted by molar-refractivity contribution is 5.71. The first kappa shape index (κ1) is 64.6. The van der Waals surface area contributed by atoms with Crippen LogP contribution in [0.15, 0.2) is 85.1 Å². The van der Waals surface area contributed by atoms with Crippen LogP contribution in [0.4, 0.5) is 0 Å². The Balaban J connectivity index is 4.39. The van der Waals surface area contributed by atoms with E-state index in [1.807, 2.05) is 0 Å². The van der Waals surface area contributed by atoms with Gasteiger partial charge in [-0.05, 0) is 96.3 Å². The highest BCUT2D eigenvalue weighted by Crippen LogP contribution is 2.15. The minimum absolute atomic E-state index is 0.0893. The Morgan fingerprint density at radius 3 is 1.07 bits per heavy atom. The summed E-state index contributed by atoms with van der Waals surface area (Å²) in [6, 6.07) is 0. The number of carbonyl (C=O) groups is 3. The minimum Gasteiger partial charge on any atom is -0.462 e. The van der Waals surface area contributed by atoms with E-state index >= 15 is 0 Å². The summed E-state index contributed by atoms with van der Waals surface area (Å²) in [6.07, 6.45) is 72.9. The Hall–Kier alpha value is -3.41. The summed E-state index contributed by atoms with van der Waals surface area (Å²) < 4.78 is 16.8. The molecule has 0 N–H and O–H groups in total. The first-order valence-corrected chi connectivity index (χ1v) is 28.6. The van der Waals surface area contributed by atoms with E-state index in [0.717, 1.165) is 116 Å². The maximum absolute atomic E-state index is 12.9. The van der Waals surface area contributed by atoms with Crippen molar-refractivity contribution in [1.29, 1.82) is 0 Å². The first-order valence-electron chi connectivity index (χ1n) is 28.6. The molecular weight excluding hydrogens is 841 g/mol. The largest absolute Gasteiger partial charge is 0.462 e. The fourth-order valence-electron chi connectivity index (χ4n) is 7.92. The molecule has 6 nitrogen and oxygen atoms in total. The van der Waals surface area contributed by atoms with Gasteiger partial charge >= 0.3 is 17.9 Å². The zero-order valence-electron chi connectivity index (χ0n) is 44.6. The lowest BCUT2D eigenvalue weighted by molar-refractivity contribution is -0.167. The van der Waals surface area contributed by atoms with Crippen LogP contribution < -0.4 is 0 Å². The second-order valence-corrected chi connectivity index (χ2v) is 18.8. The van der Waals surface area contributed by atoms with E-state index in [4.69, 9.17) is 14.2 Å². The summed E-state index contributed by atoms with van der Waals surface area (Å²) >= 11 is 0. The average molecular weight is 948 g/mol. The fraction of sp³-hybridized carbons (Fsp3) is 0.726. The Labute approximate surface area is 420 Å². The molecule has 0 aromatic rings. The Bertz CT molecular complexity index is 1320. The molecule has 0 amide bonds. The van der Waals surface area contributed by atoms with E-state index in [0.29, 0.717) is 19.3 Å². The maximum atomic E-state index is 12.9. The molecular formula is C62H106O6. The normalized spacial score (nSPS) is 12.7.